The molecule has 0 aromatic heterocycles. The highest BCUT2D eigenvalue weighted by atomic mass is 35.5. The van der Waals surface area contributed by atoms with E-state index in [9.17, 15) is 0 Å². The summed E-state index contributed by atoms with van der Waals surface area (Å²) in [4.78, 5) is 1.15. The average Bonchev–Trinajstić information content (AvgIpc) is 2.20. The Kier molecular flexibility index (Phi) is 4.97. The van der Waals surface area contributed by atoms with Gasteiger partial charge in [-0.15, -0.1) is 11.8 Å². The Hall–Kier alpha value is -0.180. The van der Waals surface area contributed by atoms with Gasteiger partial charge in [0.15, 0.2) is 0 Å². The molecule has 0 saturated heterocycles. The Bertz CT molecular complexity index is 325. The summed E-state index contributed by atoms with van der Waals surface area (Å²) in [5, 5.41) is 1.42. The molecular weight excluding hydrogens is 226 g/mol. The highest BCUT2D eigenvalue weighted by Crippen LogP contribution is 2.32. The molecule has 0 aliphatic heterocycles. The maximum absolute atomic E-state index is 6.20. The Morgan fingerprint density at radius 2 is 2.07 bits per heavy atom. The minimum Gasteiger partial charge on any atom is -0.324 e. The molecule has 0 spiro atoms. The van der Waals surface area contributed by atoms with Crippen molar-refractivity contribution in [2.45, 2.75) is 43.4 Å². The molecule has 84 valence electrons. The van der Waals surface area contributed by atoms with Gasteiger partial charge in [0.2, 0.25) is 0 Å². The molecule has 0 aliphatic rings. The van der Waals surface area contributed by atoms with Crippen molar-refractivity contribution >= 4 is 23.4 Å². The Morgan fingerprint density at radius 3 is 2.53 bits per heavy atom. The van der Waals surface area contributed by atoms with Crippen LogP contribution in [0.2, 0.25) is 5.02 Å². The fourth-order valence-electron chi connectivity index (χ4n) is 1.20. The minimum absolute atomic E-state index is 0.0464. The van der Waals surface area contributed by atoms with Gasteiger partial charge in [-0.3, -0.25) is 0 Å². The molecular formula is C12H18ClNS. The van der Waals surface area contributed by atoms with Gasteiger partial charge in [-0.2, -0.15) is 0 Å². The fourth-order valence-corrected chi connectivity index (χ4v) is 2.44. The summed E-state index contributed by atoms with van der Waals surface area (Å²) in [6.45, 7) is 6.36. The first-order chi connectivity index (χ1) is 7.04. The number of benzene rings is 1. The Morgan fingerprint density at radius 1 is 1.40 bits per heavy atom. The monoisotopic (exact) mass is 243 g/mol. The van der Waals surface area contributed by atoms with Gasteiger partial charge < -0.3 is 5.73 Å². The predicted octanol–water partition coefficient (Wildman–Crippen LogP) is 4.25. The van der Waals surface area contributed by atoms with Crippen molar-refractivity contribution in [2.75, 3.05) is 0 Å². The standard InChI is InChI=1S/C12H18ClNS/c1-4-8(2)15-12-6-5-10(9(3)14)7-11(12)13/h5-9H,4,14H2,1-3H3/t8?,9-/m1/s1. The zero-order chi connectivity index (χ0) is 11.4. The van der Waals surface area contributed by atoms with Gasteiger partial charge in [-0.05, 0) is 31.0 Å². The third-order valence-corrected chi connectivity index (χ3v) is 4.16. The second kappa shape index (κ2) is 5.78. The van der Waals surface area contributed by atoms with Crippen molar-refractivity contribution in [1.29, 1.82) is 0 Å². The molecule has 0 amide bonds. The number of halogens is 1. The summed E-state index contributed by atoms with van der Waals surface area (Å²) < 4.78 is 0. The molecule has 0 saturated carbocycles. The minimum atomic E-state index is 0.0464. The van der Waals surface area contributed by atoms with Gasteiger partial charge >= 0.3 is 0 Å². The molecule has 0 radical (unpaired) electrons. The smallest absolute Gasteiger partial charge is 0.0545 e. The lowest BCUT2D eigenvalue weighted by Crippen LogP contribution is -2.04. The number of nitrogens with two attached hydrogens (primary N) is 1. The lowest BCUT2D eigenvalue weighted by molar-refractivity contribution is 0.817. The second-order valence-corrected chi connectivity index (χ2v) is 5.70. The van der Waals surface area contributed by atoms with Crippen molar-refractivity contribution in [3.05, 3.63) is 28.8 Å². The molecule has 15 heavy (non-hydrogen) atoms. The van der Waals surface area contributed by atoms with Crippen LogP contribution in [-0.4, -0.2) is 5.25 Å². The van der Waals surface area contributed by atoms with Crippen LogP contribution in [0.25, 0.3) is 0 Å². The lowest BCUT2D eigenvalue weighted by atomic mass is 10.1. The summed E-state index contributed by atoms with van der Waals surface area (Å²) in [6.07, 6.45) is 1.15. The number of hydrogen-bond acceptors (Lipinski definition) is 2. The average molecular weight is 244 g/mol. The topological polar surface area (TPSA) is 26.0 Å². The van der Waals surface area contributed by atoms with Crippen molar-refractivity contribution in [2.24, 2.45) is 5.73 Å². The molecule has 1 aromatic carbocycles. The summed E-state index contributed by atoms with van der Waals surface area (Å²) in [5.41, 5.74) is 6.89. The lowest BCUT2D eigenvalue weighted by Gasteiger charge is -2.12. The quantitative estimate of drug-likeness (QED) is 0.801. The maximum Gasteiger partial charge on any atom is 0.0545 e. The molecule has 2 N–H and O–H groups in total. The molecule has 1 aromatic rings. The highest BCUT2D eigenvalue weighted by Gasteiger charge is 2.08. The van der Waals surface area contributed by atoms with Crippen LogP contribution in [0.3, 0.4) is 0 Å². The van der Waals surface area contributed by atoms with Crippen molar-refractivity contribution in [1.82, 2.24) is 0 Å². The SMILES string of the molecule is CCC(C)Sc1ccc([C@@H](C)N)cc1Cl. The van der Waals surface area contributed by atoms with Crippen molar-refractivity contribution < 1.29 is 0 Å². The number of hydrogen-bond donors (Lipinski definition) is 1. The largest absolute Gasteiger partial charge is 0.324 e. The van der Waals surface area contributed by atoms with E-state index in [0.29, 0.717) is 5.25 Å². The summed E-state index contributed by atoms with van der Waals surface area (Å²) in [5.74, 6) is 0. The molecule has 1 rings (SSSR count). The normalized spacial score (nSPS) is 15.0. The zero-order valence-corrected chi connectivity index (χ0v) is 11.0. The van der Waals surface area contributed by atoms with Crippen LogP contribution in [0.15, 0.2) is 23.1 Å². The van der Waals surface area contributed by atoms with E-state index in [4.69, 9.17) is 17.3 Å². The fraction of sp³-hybridized carbons (Fsp3) is 0.500. The van der Waals surface area contributed by atoms with Crippen LogP contribution in [0.4, 0.5) is 0 Å². The predicted molar refractivity (Wildman–Crippen MR) is 69.7 cm³/mol. The molecule has 1 unspecified atom stereocenters. The molecule has 0 aliphatic carbocycles. The van der Waals surface area contributed by atoms with Crippen LogP contribution in [-0.2, 0) is 0 Å². The van der Waals surface area contributed by atoms with Gasteiger partial charge in [0, 0.05) is 16.2 Å². The number of rotatable bonds is 4. The molecule has 0 bridgehead atoms. The molecule has 0 heterocycles. The Labute approximate surface area is 101 Å². The van der Waals surface area contributed by atoms with Gasteiger partial charge in [0.05, 0.1) is 5.02 Å². The first-order valence-corrected chi connectivity index (χ1v) is 6.52. The van der Waals surface area contributed by atoms with Crippen LogP contribution in [0.1, 0.15) is 38.8 Å². The molecule has 0 fully saturated rings. The first kappa shape index (κ1) is 12.9. The first-order valence-electron chi connectivity index (χ1n) is 5.26. The van der Waals surface area contributed by atoms with Gasteiger partial charge in [-0.25, -0.2) is 0 Å². The van der Waals surface area contributed by atoms with Crippen LogP contribution >= 0.6 is 23.4 Å². The van der Waals surface area contributed by atoms with Crippen LogP contribution in [0, 0.1) is 0 Å². The second-order valence-electron chi connectivity index (χ2n) is 3.82. The summed E-state index contributed by atoms with van der Waals surface area (Å²) in [7, 11) is 0. The van der Waals surface area contributed by atoms with E-state index in [2.05, 4.69) is 26.0 Å². The van der Waals surface area contributed by atoms with E-state index in [1.54, 1.807) is 0 Å². The maximum atomic E-state index is 6.20. The van der Waals surface area contributed by atoms with Crippen LogP contribution < -0.4 is 5.73 Å². The Balaban J connectivity index is 2.83. The molecule has 2 atom stereocenters. The third kappa shape index (κ3) is 3.71. The van der Waals surface area contributed by atoms with Crippen molar-refractivity contribution in [3.8, 4) is 0 Å². The highest BCUT2D eigenvalue weighted by molar-refractivity contribution is 8.00. The summed E-state index contributed by atoms with van der Waals surface area (Å²) in [6, 6.07) is 6.14. The van der Waals surface area contributed by atoms with E-state index < -0.39 is 0 Å². The van der Waals surface area contributed by atoms with Gasteiger partial charge in [0.25, 0.3) is 0 Å². The van der Waals surface area contributed by atoms with E-state index in [-0.39, 0.29) is 6.04 Å². The molecule has 3 heteroatoms. The third-order valence-electron chi connectivity index (χ3n) is 2.38. The van der Waals surface area contributed by atoms with Crippen molar-refractivity contribution in [3.63, 3.8) is 0 Å². The van der Waals surface area contributed by atoms with E-state index in [0.717, 1.165) is 21.9 Å². The van der Waals surface area contributed by atoms with Crippen LogP contribution in [0.5, 0.6) is 0 Å². The van der Waals surface area contributed by atoms with E-state index in [1.807, 2.05) is 24.8 Å². The van der Waals surface area contributed by atoms with Gasteiger partial charge in [-0.1, -0.05) is 31.5 Å². The van der Waals surface area contributed by atoms with Gasteiger partial charge in [0.1, 0.15) is 0 Å². The van der Waals surface area contributed by atoms with E-state index >= 15 is 0 Å². The molecule has 1 nitrogen and oxygen atoms in total. The number of thioether (sulfide) groups is 1. The summed E-state index contributed by atoms with van der Waals surface area (Å²) >= 11 is 8.02. The zero-order valence-electron chi connectivity index (χ0n) is 9.46. The van der Waals surface area contributed by atoms with E-state index in [1.165, 1.54) is 0 Å².